The molecule has 0 fully saturated rings. The van der Waals surface area contributed by atoms with Gasteiger partial charge in [-0.2, -0.15) is 0 Å². The molecule has 8 heteroatoms. The lowest BCUT2D eigenvalue weighted by Crippen LogP contribution is -2.51. The number of carbonyl (C=O) groups excluding carboxylic acids is 2. The lowest BCUT2D eigenvalue weighted by Gasteiger charge is -2.34. The lowest BCUT2D eigenvalue weighted by atomic mass is 10.1. The van der Waals surface area contributed by atoms with E-state index in [-0.39, 0.29) is 11.8 Å². The Balaban J connectivity index is 2.19. The van der Waals surface area contributed by atoms with Crippen LogP contribution < -0.4 is 10.6 Å². The van der Waals surface area contributed by atoms with Crippen LogP contribution in [0.2, 0.25) is 0 Å². The zero-order valence-electron chi connectivity index (χ0n) is 26.6. The Bertz CT molecular complexity index is 1060. The summed E-state index contributed by atoms with van der Waals surface area (Å²) in [7, 11) is 0. The highest BCUT2D eigenvalue weighted by Crippen LogP contribution is 2.33. The van der Waals surface area contributed by atoms with Gasteiger partial charge in [0, 0.05) is 11.4 Å². The number of anilines is 2. The summed E-state index contributed by atoms with van der Waals surface area (Å²) in [5, 5.41) is 15.4. The highest BCUT2D eigenvalue weighted by Gasteiger charge is 2.26. The van der Waals surface area contributed by atoms with E-state index in [9.17, 15) is 9.59 Å². The van der Waals surface area contributed by atoms with E-state index in [4.69, 9.17) is 0 Å². The van der Waals surface area contributed by atoms with Crippen molar-refractivity contribution in [1.82, 2.24) is 0 Å². The monoisotopic (exact) mass is 552 g/mol. The number of azo groups is 1. The molecule has 0 bridgehead atoms. The number of amides is 2. The van der Waals surface area contributed by atoms with Gasteiger partial charge in [0.2, 0.25) is 0 Å². The highest BCUT2D eigenvalue weighted by atomic mass is 16.2. The van der Waals surface area contributed by atoms with E-state index >= 15 is 0 Å². The Morgan fingerprint density at radius 2 is 0.800 bits per heavy atom. The Morgan fingerprint density at radius 1 is 0.550 bits per heavy atom. The van der Waals surface area contributed by atoms with Crippen LogP contribution in [0.1, 0.15) is 63.8 Å². The molecule has 0 aromatic heterocycles. The maximum atomic E-state index is 12.8. The van der Waals surface area contributed by atoms with Crippen LogP contribution in [-0.2, 0) is 9.59 Å². The SMILES string of the molecule is CC[N+](CC)(CC)CC(=O)Nc1cc(C)c(N=Nc2c(C)cc(NC(=O)C[N+](CC)(CC)CC)cc2C)c(C)c1. The van der Waals surface area contributed by atoms with Gasteiger partial charge in [-0.15, -0.1) is 10.2 Å². The number of likely N-dealkylation sites (N-methyl/N-ethyl adjacent to an activating group) is 2. The molecular formula is C32H52N6O2+2. The van der Waals surface area contributed by atoms with E-state index in [1.54, 1.807) is 0 Å². The van der Waals surface area contributed by atoms with Gasteiger partial charge in [-0.05, 0) is 116 Å². The van der Waals surface area contributed by atoms with Gasteiger partial charge >= 0.3 is 0 Å². The second kappa shape index (κ2) is 14.5. The van der Waals surface area contributed by atoms with E-state index in [0.29, 0.717) is 13.1 Å². The molecule has 0 aliphatic carbocycles. The number of benzene rings is 2. The van der Waals surface area contributed by atoms with Gasteiger partial charge in [0.15, 0.2) is 13.1 Å². The van der Waals surface area contributed by atoms with Gasteiger partial charge in [-0.3, -0.25) is 9.59 Å². The summed E-state index contributed by atoms with van der Waals surface area (Å²) in [5.74, 6) is 0.0572. The molecule has 0 aliphatic rings. The molecule has 0 saturated carbocycles. The first-order valence-electron chi connectivity index (χ1n) is 14.8. The van der Waals surface area contributed by atoms with E-state index < -0.39 is 0 Å². The largest absolute Gasteiger partial charge is 0.321 e. The fourth-order valence-electron chi connectivity index (χ4n) is 5.49. The van der Waals surface area contributed by atoms with Gasteiger partial charge in [0.1, 0.15) is 0 Å². The third-order valence-electron chi connectivity index (χ3n) is 8.78. The molecule has 2 aromatic rings. The summed E-state index contributed by atoms with van der Waals surface area (Å²) >= 11 is 0. The van der Waals surface area contributed by atoms with Crippen molar-refractivity contribution in [1.29, 1.82) is 0 Å². The van der Waals surface area contributed by atoms with Gasteiger partial charge in [-0.25, -0.2) is 0 Å². The Morgan fingerprint density at radius 3 is 1.02 bits per heavy atom. The topological polar surface area (TPSA) is 82.9 Å². The molecule has 0 spiro atoms. The smallest absolute Gasteiger partial charge is 0.279 e. The van der Waals surface area contributed by atoms with Crippen LogP contribution in [0.4, 0.5) is 22.7 Å². The van der Waals surface area contributed by atoms with Crippen molar-refractivity contribution in [3.05, 3.63) is 46.5 Å². The third kappa shape index (κ3) is 8.21. The van der Waals surface area contributed by atoms with Gasteiger partial charge < -0.3 is 19.6 Å². The normalized spacial score (nSPS) is 12.2. The molecule has 0 aliphatic heterocycles. The molecule has 0 atom stereocenters. The standard InChI is InChI=1S/C32H50N6O2/c1-11-37(12-2,13-3)21-29(39)33-27-17-23(7)31(24(8)18-27)35-36-32-25(9)19-28(20-26(32)10)34-30(40)22-38(14-4,15-5)16-6/h17-20H,11-16,21-22H2,1-10H3/p+2. The number of hydrogen-bond donors (Lipinski definition) is 2. The zero-order chi connectivity index (χ0) is 30.1. The number of rotatable bonds is 14. The van der Waals surface area contributed by atoms with E-state index in [1.165, 1.54) is 0 Å². The lowest BCUT2D eigenvalue weighted by molar-refractivity contribution is -0.915. The molecule has 40 heavy (non-hydrogen) atoms. The molecule has 0 unspecified atom stereocenters. The minimum absolute atomic E-state index is 0.0286. The average molecular weight is 553 g/mol. The fraction of sp³-hybridized carbons (Fsp3) is 0.562. The number of quaternary nitrogens is 2. The third-order valence-corrected chi connectivity index (χ3v) is 8.78. The van der Waals surface area contributed by atoms with Crippen LogP contribution >= 0.6 is 0 Å². The van der Waals surface area contributed by atoms with Gasteiger partial charge in [0.05, 0.1) is 50.6 Å². The Kier molecular flexibility index (Phi) is 12.0. The Hall–Kier alpha value is -3.10. The van der Waals surface area contributed by atoms with Crippen molar-refractivity contribution in [3.63, 3.8) is 0 Å². The first-order valence-corrected chi connectivity index (χ1v) is 14.8. The van der Waals surface area contributed by atoms with E-state index in [0.717, 1.165) is 93.2 Å². The van der Waals surface area contributed by atoms with Gasteiger partial charge in [0.25, 0.3) is 11.8 Å². The van der Waals surface area contributed by atoms with Crippen molar-refractivity contribution in [3.8, 4) is 0 Å². The molecule has 2 aromatic carbocycles. The molecule has 2 N–H and O–H groups in total. The molecule has 0 heterocycles. The summed E-state index contributed by atoms with van der Waals surface area (Å²) < 4.78 is 1.54. The average Bonchev–Trinajstić information content (AvgIpc) is 2.91. The summed E-state index contributed by atoms with van der Waals surface area (Å²) in [6.45, 7) is 27.3. The number of nitrogens with one attached hydrogen (secondary N) is 2. The maximum absolute atomic E-state index is 12.8. The van der Waals surface area contributed by atoms with Crippen molar-refractivity contribution in [2.45, 2.75) is 69.2 Å². The van der Waals surface area contributed by atoms with Crippen LogP contribution in [0, 0.1) is 27.7 Å². The summed E-state index contributed by atoms with van der Waals surface area (Å²) in [6, 6.07) is 7.82. The van der Waals surface area contributed by atoms with Crippen molar-refractivity contribution < 1.29 is 18.6 Å². The van der Waals surface area contributed by atoms with Crippen molar-refractivity contribution >= 4 is 34.6 Å². The molecule has 0 saturated heterocycles. The summed E-state index contributed by atoms with van der Waals surface area (Å²) in [5.41, 5.74) is 6.95. The van der Waals surface area contributed by atoms with Crippen LogP contribution in [0.15, 0.2) is 34.5 Å². The Labute approximate surface area is 242 Å². The first-order chi connectivity index (χ1) is 18.9. The molecule has 220 valence electrons. The number of carbonyl (C=O) groups is 2. The second-order valence-corrected chi connectivity index (χ2v) is 11.1. The predicted octanol–water partition coefficient (Wildman–Crippen LogP) is 6.97. The molecule has 2 amide bonds. The number of hydrogen-bond acceptors (Lipinski definition) is 4. The quantitative estimate of drug-likeness (QED) is 0.196. The van der Waals surface area contributed by atoms with Crippen LogP contribution in [0.3, 0.4) is 0 Å². The maximum Gasteiger partial charge on any atom is 0.279 e. The van der Waals surface area contributed by atoms with Crippen LogP contribution in [-0.4, -0.2) is 73.1 Å². The van der Waals surface area contributed by atoms with E-state index in [2.05, 4.69) is 62.4 Å². The highest BCUT2D eigenvalue weighted by molar-refractivity contribution is 5.93. The van der Waals surface area contributed by atoms with Crippen molar-refractivity contribution in [2.75, 3.05) is 63.0 Å². The minimum Gasteiger partial charge on any atom is -0.321 e. The number of nitrogens with zero attached hydrogens (tertiary/aromatic N) is 4. The molecule has 8 nitrogen and oxygen atoms in total. The first kappa shape index (κ1) is 33.1. The number of aryl methyl sites for hydroxylation is 4. The van der Waals surface area contributed by atoms with Crippen LogP contribution in [0.25, 0.3) is 0 Å². The van der Waals surface area contributed by atoms with Gasteiger partial charge in [-0.1, -0.05) is 0 Å². The fourth-order valence-corrected chi connectivity index (χ4v) is 5.49. The van der Waals surface area contributed by atoms with E-state index in [1.807, 2.05) is 52.0 Å². The minimum atomic E-state index is 0.0286. The van der Waals surface area contributed by atoms with Crippen molar-refractivity contribution in [2.24, 2.45) is 10.2 Å². The summed E-state index contributed by atoms with van der Waals surface area (Å²) in [4.78, 5) is 25.6. The zero-order valence-corrected chi connectivity index (χ0v) is 26.6. The molecule has 0 radical (unpaired) electrons. The molecule has 2 rings (SSSR count). The molecular weight excluding hydrogens is 500 g/mol. The second-order valence-electron chi connectivity index (χ2n) is 11.1. The summed E-state index contributed by atoms with van der Waals surface area (Å²) in [6.07, 6.45) is 0. The van der Waals surface area contributed by atoms with Crippen LogP contribution in [0.5, 0.6) is 0 Å². The predicted molar refractivity (Wildman–Crippen MR) is 167 cm³/mol.